The molecule has 0 bridgehead atoms. The van der Waals surface area contributed by atoms with E-state index in [9.17, 15) is 10.0 Å². The fraction of sp³-hybridized carbons (Fsp3) is 0.333. The maximum Gasteiger partial charge on any atom is 0.257 e. The fourth-order valence-electron chi connectivity index (χ4n) is 2.08. The Morgan fingerprint density at radius 3 is 3.17 bits per heavy atom. The summed E-state index contributed by atoms with van der Waals surface area (Å²) in [5.74, 6) is 0. The van der Waals surface area contributed by atoms with E-state index in [1.165, 1.54) is 21.7 Å². The van der Waals surface area contributed by atoms with Crippen LogP contribution in [0.5, 0.6) is 0 Å². The Bertz CT molecular complexity index is 625. The van der Waals surface area contributed by atoms with Crippen molar-refractivity contribution in [3.8, 4) is 0 Å². The summed E-state index contributed by atoms with van der Waals surface area (Å²) in [6, 6.07) is 5.05. The van der Waals surface area contributed by atoms with Crippen molar-refractivity contribution in [3.05, 3.63) is 46.5 Å². The van der Waals surface area contributed by atoms with E-state index in [4.69, 9.17) is 4.74 Å². The summed E-state index contributed by atoms with van der Waals surface area (Å²) < 4.78 is 7.07. The first-order chi connectivity index (χ1) is 8.74. The topological polar surface area (TPSA) is 67.1 Å². The van der Waals surface area contributed by atoms with Crippen LogP contribution in [-0.2, 0) is 4.74 Å². The fourth-order valence-corrected chi connectivity index (χ4v) is 2.08. The molecule has 1 atom stereocenters. The van der Waals surface area contributed by atoms with Crippen molar-refractivity contribution in [2.75, 3.05) is 19.7 Å². The predicted octanol–water partition coefficient (Wildman–Crippen LogP) is 0.457. The maximum absolute atomic E-state index is 11.6. The van der Waals surface area contributed by atoms with E-state index in [1.807, 2.05) is 12.1 Å². The molecule has 3 rings (SSSR count). The van der Waals surface area contributed by atoms with Crippen LogP contribution in [0.1, 0.15) is 11.7 Å². The Labute approximate surface area is 103 Å². The maximum atomic E-state index is 11.6. The molecule has 18 heavy (non-hydrogen) atoms. The average Bonchev–Trinajstić information content (AvgIpc) is 2.39. The molecular weight excluding hydrogens is 234 g/mol. The molecule has 1 fully saturated rings. The van der Waals surface area contributed by atoms with E-state index in [2.05, 4.69) is 4.98 Å². The van der Waals surface area contributed by atoms with Gasteiger partial charge in [-0.1, -0.05) is 0 Å². The minimum Gasteiger partial charge on any atom is -0.371 e. The number of hydrogen-bond acceptors (Lipinski definition) is 5. The quantitative estimate of drug-likeness (QED) is 0.792. The number of ether oxygens (including phenoxy) is 1. The largest absolute Gasteiger partial charge is 0.371 e. The van der Waals surface area contributed by atoms with Crippen LogP contribution in [-0.4, -0.2) is 39.4 Å². The molecule has 2 aromatic rings. The van der Waals surface area contributed by atoms with E-state index in [1.54, 1.807) is 6.20 Å². The van der Waals surface area contributed by atoms with Crippen molar-refractivity contribution in [1.29, 1.82) is 0 Å². The molecule has 0 amide bonds. The molecule has 0 aliphatic carbocycles. The summed E-state index contributed by atoms with van der Waals surface area (Å²) in [5.41, 5.74) is 1.38. The Kier molecular flexibility index (Phi) is 2.83. The molecule has 3 heterocycles. The normalized spacial score (nSPS) is 21.3. The third-order valence-electron chi connectivity index (χ3n) is 3.04. The van der Waals surface area contributed by atoms with Crippen molar-refractivity contribution in [2.45, 2.75) is 6.10 Å². The lowest BCUT2D eigenvalue weighted by Gasteiger charge is -2.28. The summed E-state index contributed by atoms with van der Waals surface area (Å²) in [6.45, 7) is 1.43. The van der Waals surface area contributed by atoms with E-state index in [-0.39, 0.29) is 11.7 Å². The van der Waals surface area contributed by atoms with Gasteiger partial charge in [-0.2, -0.15) is 5.06 Å². The Morgan fingerprint density at radius 2 is 2.33 bits per heavy atom. The van der Waals surface area contributed by atoms with Gasteiger partial charge in [0.1, 0.15) is 5.65 Å². The standard InChI is InChI=1S/C12H13N3O3/c16-12-1-3-13-11-7-9(2-4-15(11)12)10-8-14(17)5-6-18-10/h1-4,7,10,17H,5-6,8H2. The number of pyridine rings is 1. The van der Waals surface area contributed by atoms with Gasteiger partial charge in [0.05, 0.1) is 19.3 Å². The van der Waals surface area contributed by atoms with Gasteiger partial charge in [-0.05, 0) is 17.7 Å². The molecule has 6 heteroatoms. The van der Waals surface area contributed by atoms with Crippen LogP contribution < -0.4 is 5.56 Å². The zero-order chi connectivity index (χ0) is 12.5. The van der Waals surface area contributed by atoms with Crippen LogP contribution in [0.15, 0.2) is 35.4 Å². The van der Waals surface area contributed by atoms with Crippen LogP contribution in [0.2, 0.25) is 0 Å². The molecule has 1 unspecified atom stereocenters. The molecule has 1 saturated heterocycles. The van der Waals surface area contributed by atoms with E-state index >= 15 is 0 Å². The summed E-state index contributed by atoms with van der Waals surface area (Å²) in [5, 5.41) is 10.7. The van der Waals surface area contributed by atoms with Crippen molar-refractivity contribution in [2.24, 2.45) is 0 Å². The molecule has 6 nitrogen and oxygen atoms in total. The van der Waals surface area contributed by atoms with Crippen molar-refractivity contribution >= 4 is 5.65 Å². The first kappa shape index (κ1) is 11.3. The van der Waals surface area contributed by atoms with Crippen LogP contribution in [0, 0.1) is 0 Å². The van der Waals surface area contributed by atoms with E-state index in [0.29, 0.717) is 25.3 Å². The second-order valence-electron chi connectivity index (χ2n) is 4.24. The Morgan fingerprint density at radius 1 is 1.44 bits per heavy atom. The monoisotopic (exact) mass is 247 g/mol. The second kappa shape index (κ2) is 4.49. The van der Waals surface area contributed by atoms with Gasteiger partial charge in [0.2, 0.25) is 0 Å². The van der Waals surface area contributed by atoms with Gasteiger partial charge in [0.25, 0.3) is 5.56 Å². The highest BCUT2D eigenvalue weighted by atomic mass is 16.5. The zero-order valence-corrected chi connectivity index (χ0v) is 9.69. The molecule has 0 saturated carbocycles. The molecule has 0 spiro atoms. The molecule has 2 aromatic heterocycles. The molecule has 1 N–H and O–H groups in total. The minimum atomic E-state index is -0.189. The molecule has 0 aromatic carbocycles. The number of nitrogens with zero attached hydrogens (tertiary/aromatic N) is 3. The minimum absolute atomic E-state index is 0.111. The molecule has 94 valence electrons. The third kappa shape index (κ3) is 2.01. The SMILES string of the molecule is O=c1ccnc2cc(C3CN(O)CCO3)ccn12. The van der Waals surface area contributed by atoms with Crippen LogP contribution in [0.4, 0.5) is 0 Å². The van der Waals surface area contributed by atoms with Gasteiger partial charge < -0.3 is 9.94 Å². The smallest absolute Gasteiger partial charge is 0.257 e. The number of hydrogen-bond donors (Lipinski definition) is 1. The number of aromatic nitrogens is 2. The lowest BCUT2D eigenvalue weighted by molar-refractivity contribution is -0.170. The summed E-state index contributed by atoms with van der Waals surface area (Å²) in [4.78, 5) is 15.7. The third-order valence-corrected chi connectivity index (χ3v) is 3.04. The number of fused-ring (bicyclic) bond motifs is 1. The van der Waals surface area contributed by atoms with Gasteiger partial charge in [-0.15, -0.1) is 0 Å². The highest BCUT2D eigenvalue weighted by molar-refractivity contribution is 5.41. The van der Waals surface area contributed by atoms with Crippen molar-refractivity contribution in [1.82, 2.24) is 14.4 Å². The van der Waals surface area contributed by atoms with Crippen LogP contribution >= 0.6 is 0 Å². The number of morpholine rings is 1. The molecular formula is C12H13N3O3. The predicted molar refractivity (Wildman–Crippen MR) is 63.5 cm³/mol. The Balaban J connectivity index is 2.00. The second-order valence-corrected chi connectivity index (χ2v) is 4.24. The number of hydroxylamine groups is 2. The van der Waals surface area contributed by atoms with Gasteiger partial charge in [-0.25, -0.2) is 4.98 Å². The van der Waals surface area contributed by atoms with Gasteiger partial charge in [0, 0.05) is 25.0 Å². The molecule has 1 aliphatic rings. The summed E-state index contributed by atoms with van der Waals surface area (Å²) >= 11 is 0. The van der Waals surface area contributed by atoms with Gasteiger partial charge >= 0.3 is 0 Å². The lowest BCUT2D eigenvalue weighted by atomic mass is 10.1. The van der Waals surface area contributed by atoms with Crippen molar-refractivity contribution < 1.29 is 9.94 Å². The van der Waals surface area contributed by atoms with Crippen molar-refractivity contribution in [3.63, 3.8) is 0 Å². The van der Waals surface area contributed by atoms with Crippen LogP contribution in [0.3, 0.4) is 0 Å². The van der Waals surface area contributed by atoms with Gasteiger partial charge in [-0.3, -0.25) is 9.20 Å². The van der Waals surface area contributed by atoms with E-state index in [0.717, 1.165) is 5.56 Å². The summed E-state index contributed by atoms with van der Waals surface area (Å²) in [6.07, 6.45) is 2.98. The molecule has 0 radical (unpaired) electrons. The summed E-state index contributed by atoms with van der Waals surface area (Å²) in [7, 11) is 0. The first-order valence-corrected chi connectivity index (χ1v) is 5.77. The first-order valence-electron chi connectivity index (χ1n) is 5.77. The molecule has 1 aliphatic heterocycles. The lowest BCUT2D eigenvalue weighted by Crippen LogP contribution is -2.35. The highest BCUT2D eigenvalue weighted by Crippen LogP contribution is 2.21. The highest BCUT2D eigenvalue weighted by Gasteiger charge is 2.21. The van der Waals surface area contributed by atoms with Gasteiger partial charge in [0.15, 0.2) is 0 Å². The number of rotatable bonds is 1. The van der Waals surface area contributed by atoms with Crippen LogP contribution in [0.25, 0.3) is 5.65 Å². The average molecular weight is 247 g/mol. The van der Waals surface area contributed by atoms with E-state index < -0.39 is 0 Å². The zero-order valence-electron chi connectivity index (χ0n) is 9.69. The Hall–Kier alpha value is -1.76.